The molecular formula is C21H26N2O2. The molecule has 0 bridgehead atoms. The molecule has 1 amide bonds. The van der Waals surface area contributed by atoms with Crippen molar-refractivity contribution in [1.29, 1.82) is 0 Å². The van der Waals surface area contributed by atoms with Gasteiger partial charge < -0.3 is 15.4 Å². The van der Waals surface area contributed by atoms with Crippen molar-refractivity contribution in [3.63, 3.8) is 0 Å². The summed E-state index contributed by atoms with van der Waals surface area (Å²) in [6.45, 7) is 2.83. The first-order valence-corrected chi connectivity index (χ1v) is 9.03. The van der Waals surface area contributed by atoms with E-state index in [9.17, 15) is 4.79 Å². The van der Waals surface area contributed by atoms with Crippen LogP contribution >= 0.6 is 0 Å². The van der Waals surface area contributed by atoms with Gasteiger partial charge in [0.15, 0.2) is 0 Å². The predicted octanol–water partition coefficient (Wildman–Crippen LogP) is 4.04. The summed E-state index contributed by atoms with van der Waals surface area (Å²) in [5.41, 5.74) is 3.20. The Morgan fingerprint density at radius 2 is 1.80 bits per heavy atom. The number of carbonyl (C=O) groups is 1. The summed E-state index contributed by atoms with van der Waals surface area (Å²) in [6, 6.07) is 15.9. The molecule has 4 heteroatoms. The topological polar surface area (TPSA) is 50.4 Å². The van der Waals surface area contributed by atoms with E-state index in [4.69, 9.17) is 4.74 Å². The zero-order chi connectivity index (χ0) is 17.5. The van der Waals surface area contributed by atoms with Gasteiger partial charge in [-0.1, -0.05) is 36.4 Å². The van der Waals surface area contributed by atoms with Crippen LogP contribution in [-0.2, 0) is 11.3 Å². The van der Waals surface area contributed by atoms with Crippen molar-refractivity contribution in [2.75, 3.05) is 11.9 Å². The Morgan fingerprint density at radius 1 is 1.08 bits per heavy atom. The van der Waals surface area contributed by atoms with Crippen LogP contribution < -0.4 is 15.4 Å². The second-order valence-corrected chi connectivity index (χ2v) is 6.58. The molecule has 132 valence electrons. The molecule has 0 aliphatic heterocycles. The van der Waals surface area contributed by atoms with Crippen molar-refractivity contribution in [2.24, 2.45) is 0 Å². The highest BCUT2D eigenvalue weighted by Gasteiger charge is 2.17. The van der Waals surface area contributed by atoms with Gasteiger partial charge in [-0.05, 0) is 55.9 Å². The van der Waals surface area contributed by atoms with Crippen LogP contribution in [0.25, 0.3) is 0 Å². The van der Waals surface area contributed by atoms with E-state index in [0.29, 0.717) is 12.6 Å². The number of para-hydroxylation sites is 2. The fraction of sp³-hybridized carbons (Fsp3) is 0.381. The van der Waals surface area contributed by atoms with Crippen LogP contribution in [0, 0.1) is 6.92 Å². The number of carbonyl (C=O) groups excluding carboxylic acids is 1. The molecule has 0 radical (unpaired) electrons. The van der Waals surface area contributed by atoms with Gasteiger partial charge in [0.1, 0.15) is 5.75 Å². The Hall–Kier alpha value is -2.49. The molecule has 2 N–H and O–H groups in total. The lowest BCUT2D eigenvalue weighted by molar-refractivity contribution is -0.119. The third kappa shape index (κ3) is 4.99. The Bertz CT molecular complexity index is 709. The molecule has 1 aliphatic carbocycles. The number of benzene rings is 2. The fourth-order valence-corrected chi connectivity index (χ4v) is 3.14. The van der Waals surface area contributed by atoms with Gasteiger partial charge in [0.2, 0.25) is 5.91 Å². The first-order chi connectivity index (χ1) is 12.2. The van der Waals surface area contributed by atoms with Crippen LogP contribution in [0.4, 0.5) is 5.69 Å². The second-order valence-electron chi connectivity index (χ2n) is 6.58. The molecular weight excluding hydrogens is 312 g/mol. The summed E-state index contributed by atoms with van der Waals surface area (Å²) in [7, 11) is 0. The summed E-state index contributed by atoms with van der Waals surface area (Å²) in [5, 5.41) is 6.16. The van der Waals surface area contributed by atoms with Crippen LogP contribution in [0.3, 0.4) is 0 Å². The van der Waals surface area contributed by atoms with E-state index in [1.807, 2.05) is 42.5 Å². The number of hydrogen-bond donors (Lipinski definition) is 2. The maximum Gasteiger partial charge on any atom is 0.239 e. The molecule has 3 rings (SSSR count). The minimum atomic E-state index is -0.0288. The van der Waals surface area contributed by atoms with Gasteiger partial charge in [-0.25, -0.2) is 0 Å². The smallest absolute Gasteiger partial charge is 0.239 e. The normalized spacial score (nSPS) is 14.3. The summed E-state index contributed by atoms with van der Waals surface area (Å²) >= 11 is 0. The number of hydrogen-bond acceptors (Lipinski definition) is 3. The summed E-state index contributed by atoms with van der Waals surface area (Å²) in [4.78, 5) is 12.1. The maximum absolute atomic E-state index is 12.1. The van der Waals surface area contributed by atoms with E-state index in [-0.39, 0.29) is 12.5 Å². The molecule has 1 fully saturated rings. The lowest BCUT2D eigenvalue weighted by Gasteiger charge is -2.17. The number of rotatable bonds is 7. The van der Waals surface area contributed by atoms with Crippen molar-refractivity contribution in [2.45, 2.75) is 45.3 Å². The lowest BCUT2D eigenvalue weighted by Crippen LogP contribution is -2.29. The minimum absolute atomic E-state index is 0.0288. The van der Waals surface area contributed by atoms with Crippen LogP contribution in [0.2, 0.25) is 0 Å². The summed E-state index contributed by atoms with van der Waals surface area (Å²) in [6.07, 6.45) is 5.01. The third-order valence-electron chi connectivity index (χ3n) is 4.66. The van der Waals surface area contributed by atoms with E-state index >= 15 is 0 Å². The Labute approximate surface area is 149 Å². The minimum Gasteiger partial charge on any atom is -0.488 e. The van der Waals surface area contributed by atoms with E-state index in [1.165, 1.54) is 18.4 Å². The third-order valence-corrected chi connectivity index (χ3v) is 4.66. The van der Waals surface area contributed by atoms with Gasteiger partial charge in [-0.3, -0.25) is 4.79 Å². The molecule has 0 aromatic heterocycles. The van der Waals surface area contributed by atoms with Crippen molar-refractivity contribution in [1.82, 2.24) is 5.32 Å². The largest absolute Gasteiger partial charge is 0.488 e. The number of ether oxygens (including phenoxy) is 1. The molecule has 0 atom stereocenters. The number of amides is 1. The molecule has 0 saturated heterocycles. The highest BCUT2D eigenvalue weighted by Crippen LogP contribution is 2.29. The average Bonchev–Trinajstić information content (AvgIpc) is 3.13. The number of anilines is 1. The van der Waals surface area contributed by atoms with Gasteiger partial charge in [-0.15, -0.1) is 0 Å². The van der Waals surface area contributed by atoms with Crippen molar-refractivity contribution >= 4 is 11.6 Å². The Balaban J connectivity index is 1.51. The van der Waals surface area contributed by atoms with Crippen LogP contribution in [0.5, 0.6) is 5.75 Å². The quantitative estimate of drug-likeness (QED) is 0.801. The summed E-state index contributed by atoms with van der Waals surface area (Å²) < 4.78 is 6.09. The molecule has 4 nitrogen and oxygen atoms in total. The fourth-order valence-electron chi connectivity index (χ4n) is 3.14. The van der Waals surface area contributed by atoms with E-state index < -0.39 is 0 Å². The molecule has 0 heterocycles. The van der Waals surface area contributed by atoms with Crippen molar-refractivity contribution in [3.05, 3.63) is 59.7 Å². The highest BCUT2D eigenvalue weighted by molar-refractivity contribution is 5.81. The van der Waals surface area contributed by atoms with Gasteiger partial charge in [0.25, 0.3) is 0 Å². The first kappa shape index (κ1) is 17.3. The van der Waals surface area contributed by atoms with Gasteiger partial charge in [-0.2, -0.15) is 0 Å². The molecule has 1 aliphatic rings. The van der Waals surface area contributed by atoms with Crippen molar-refractivity contribution < 1.29 is 9.53 Å². The van der Waals surface area contributed by atoms with E-state index in [2.05, 4.69) is 23.6 Å². The SMILES string of the molecule is Cc1ccccc1CNC(=O)CNc1ccccc1OC1CCCC1. The maximum atomic E-state index is 12.1. The van der Waals surface area contributed by atoms with Crippen LogP contribution in [0.1, 0.15) is 36.8 Å². The standard InChI is InChI=1S/C21H26N2O2/c1-16-8-2-3-9-17(16)14-23-21(24)15-22-19-12-6-7-13-20(19)25-18-10-4-5-11-18/h2-3,6-9,12-13,18,22H,4-5,10-11,14-15H2,1H3,(H,23,24). The molecule has 0 spiro atoms. The lowest BCUT2D eigenvalue weighted by atomic mass is 10.1. The first-order valence-electron chi connectivity index (χ1n) is 9.03. The molecule has 2 aromatic carbocycles. The monoisotopic (exact) mass is 338 g/mol. The van der Waals surface area contributed by atoms with Gasteiger partial charge in [0.05, 0.1) is 18.3 Å². The molecule has 25 heavy (non-hydrogen) atoms. The molecule has 0 unspecified atom stereocenters. The van der Waals surface area contributed by atoms with Crippen LogP contribution in [0.15, 0.2) is 48.5 Å². The number of aryl methyl sites for hydroxylation is 1. The van der Waals surface area contributed by atoms with Crippen molar-refractivity contribution in [3.8, 4) is 5.75 Å². The second kappa shape index (κ2) is 8.56. The van der Waals surface area contributed by atoms with Gasteiger partial charge in [0, 0.05) is 6.54 Å². The van der Waals surface area contributed by atoms with E-state index in [1.54, 1.807) is 0 Å². The molecule has 2 aromatic rings. The Kier molecular flexibility index (Phi) is 5.94. The van der Waals surface area contributed by atoms with E-state index in [0.717, 1.165) is 29.8 Å². The Morgan fingerprint density at radius 3 is 2.60 bits per heavy atom. The zero-order valence-corrected chi connectivity index (χ0v) is 14.8. The predicted molar refractivity (Wildman–Crippen MR) is 101 cm³/mol. The van der Waals surface area contributed by atoms with Gasteiger partial charge >= 0.3 is 0 Å². The zero-order valence-electron chi connectivity index (χ0n) is 14.8. The van der Waals surface area contributed by atoms with Crippen LogP contribution in [-0.4, -0.2) is 18.6 Å². The highest BCUT2D eigenvalue weighted by atomic mass is 16.5. The summed E-state index contributed by atoms with van der Waals surface area (Å²) in [5.74, 6) is 0.806. The molecule has 1 saturated carbocycles. The average molecular weight is 338 g/mol. The number of nitrogens with one attached hydrogen (secondary N) is 2.